The summed E-state index contributed by atoms with van der Waals surface area (Å²) in [6.07, 6.45) is 10.0. The van der Waals surface area contributed by atoms with E-state index < -0.39 is 11.7 Å². The molecule has 11 heteroatoms. The van der Waals surface area contributed by atoms with E-state index in [9.17, 15) is 14.0 Å². The molecule has 0 spiro atoms. The molecule has 9 nitrogen and oxygen atoms in total. The number of hydrogen-bond donors (Lipinski definition) is 3. The Bertz CT molecular complexity index is 1390. The third-order valence-electron chi connectivity index (χ3n) is 7.60. The molecule has 2 aromatic carbocycles. The van der Waals surface area contributed by atoms with Crippen molar-refractivity contribution in [2.45, 2.75) is 55.8 Å². The van der Waals surface area contributed by atoms with Crippen LogP contribution >= 0.6 is 11.9 Å². The molecule has 4 N–H and O–H groups in total. The highest BCUT2D eigenvalue weighted by Gasteiger charge is 2.25. The van der Waals surface area contributed by atoms with Gasteiger partial charge in [-0.1, -0.05) is 6.07 Å². The van der Waals surface area contributed by atoms with Gasteiger partial charge in [-0.05, 0) is 105 Å². The highest BCUT2D eigenvalue weighted by molar-refractivity contribution is 7.97. The Hall–Kier alpha value is -3.70. The van der Waals surface area contributed by atoms with Gasteiger partial charge in [0.1, 0.15) is 11.6 Å². The minimum atomic E-state index is -0.582. The van der Waals surface area contributed by atoms with Crippen molar-refractivity contribution in [3.63, 3.8) is 0 Å². The molecule has 3 fully saturated rings. The Kier molecular flexibility index (Phi) is 9.91. The fraction of sp³-hybridized carbons (Fsp3) is 0.419. The number of primary amides is 1. The van der Waals surface area contributed by atoms with E-state index >= 15 is 0 Å². The van der Waals surface area contributed by atoms with Crippen LogP contribution in [0, 0.1) is 5.82 Å². The molecule has 222 valence electrons. The van der Waals surface area contributed by atoms with E-state index in [1.807, 2.05) is 18.2 Å². The van der Waals surface area contributed by atoms with Crippen LogP contribution in [0.5, 0.6) is 0 Å². The van der Waals surface area contributed by atoms with Crippen LogP contribution < -0.4 is 21.3 Å². The molecule has 1 saturated carbocycles. The summed E-state index contributed by atoms with van der Waals surface area (Å²) >= 11 is 1.79. The van der Waals surface area contributed by atoms with E-state index in [0.29, 0.717) is 11.7 Å². The lowest BCUT2D eigenvalue weighted by molar-refractivity contribution is 0.0957. The van der Waals surface area contributed by atoms with Gasteiger partial charge in [0.05, 0.1) is 11.8 Å². The second-order valence-electron chi connectivity index (χ2n) is 10.8. The van der Waals surface area contributed by atoms with Crippen molar-refractivity contribution in [2.75, 3.05) is 43.4 Å². The Morgan fingerprint density at radius 2 is 1.67 bits per heavy atom. The van der Waals surface area contributed by atoms with Gasteiger partial charge < -0.3 is 21.3 Å². The topological polar surface area (TPSA) is 116 Å². The summed E-state index contributed by atoms with van der Waals surface area (Å²) in [5.41, 5.74) is 7.66. The van der Waals surface area contributed by atoms with Gasteiger partial charge in [0, 0.05) is 43.8 Å². The number of carbonyl (C=O) groups excluding carboxylic acids is 2. The summed E-state index contributed by atoms with van der Waals surface area (Å²) < 4.78 is 15.8. The summed E-state index contributed by atoms with van der Waals surface area (Å²) in [4.78, 5) is 35.3. The average Bonchev–Trinajstić information content (AvgIpc) is 3.74. The largest absolute Gasteiger partial charge is 0.364 e. The normalized spacial score (nSPS) is 16.9. The molecule has 0 atom stereocenters. The van der Waals surface area contributed by atoms with Crippen LogP contribution in [0.3, 0.4) is 0 Å². The number of benzene rings is 2. The first-order chi connectivity index (χ1) is 20.4. The standard InChI is InChI=1S/C20H26N6OS.C11H12FNO/c21-19(27)18-20(24-17(14-22-18)25-10-2-1-3-11-25)23-15-6-8-16(9-7-15)28-26-12-4-5-13-26;1-13-11(14)9-5-4-8(6-10(9)12)7-2-3-7/h6-9,14H,1-5,10-13H2,(H2,21,27)(H,23,24);4-7H,2-3H2,1H3,(H,13,14). The maximum atomic E-state index is 13.4. The molecule has 3 aliphatic rings. The van der Waals surface area contributed by atoms with Crippen molar-refractivity contribution in [2.24, 2.45) is 5.73 Å². The summed E-state index contributed by atoms with van der Waals surface area (Å²) in [7, 11) is 1.50. The molecule has 0 bridgehead atoms. The molecule has 2 saturated heterocycles. The molecule has 2 amide bonds. The summed E-state index contributed by atoms with van der Waals surface area (Å²) in [6.45, 7) is 4.22. The Morgan fingerprint density at radius 1 is 0.976 bits per heavy atom. The smallest absolute Gasteiger partial charge is 0.271 e. The lowest BCUT2D eigenvalue weighted by Crippen LogP contribution is -2.30. The van der Waals surface area contributed by atoms with Gasteiger partial charge in [-0.2, -0.15) is 0 Å². The Labute approximate surface area is 250 Å². The number of rotatable bonds is 8. The van der Waals surface area contributed by atoms with Crippen LogP contribution in [0.1, 0.15) is 77.3 Å². The van der Waals surface area contributed by atoms with Gasteiger partial charge in [-0.15, -0.1) is 0 Å². The number of anilines is 3. The first-order valence-electron chi connectivity index (χ1n) is 14.6. The summed E-state index contributed by atoms with van der Waals surface area (Å²) in [5, 5.41) is 5.64. The predicted molar refractivity (Wildman–Crippen MR) is 165 cm³/mol. The second-order valence-corrected chi connectivity index (χ2v) is 12.0. The van der Waals surface area contributed by atoms with E-state index in [-0.39, 0.29) is 17.2 Å². The quantitative estimate of drug-likeness (QED) is 0.295. The molecular formula is C31H38FN7O2S. The SMILES string of the molecule is CNC(=O)c1ccc(C2CC2)cc1F.NC(=O)c1ncc(N2CCCCC2)nc1Nc1ccc(SN2CCCC2)cc1. The van der Waals surface area contributed by atoms with Crippen LogP contribution in [-0.2, 0) is 0 Å². The van der Waals surface area contributed by atoms with Crippen molar-refractivity contribution in [1.82, 2.24) is 19.6 Å². The fourth-order valence-electron chi connectivity index (χ4n) is 5.11. The van der Waals surface area contributed by atoms with Crippen molar-refractivity contribution in [1.29, 1.82) is 0 Å². The van der Waals surface area contributed by atoms with Crippen molar-refractivity contribution in [3.8, 4) is 0 Å². The van der Waals surface area contributed by atoms with Gasteiger partial charge >= 0.3 is 0 Å². The monoisotopic (exact) mass is 591 g/mol. The lowest BCUT2D eigenvalue weighted by Gasteiger charge is -2.27. The molecule has 0 radical (unpaired) electrons. The van der Waals surface area contributed by atoms with E-state index in [1.165, 1.54) is 37.3 Å². The van der Waals surface area contributed by atoms with E-state index in [1.54, 1.807) is 24.2 Å². The summed E-state index contributed by atoms with van der Waals surface area (Å²) in [6, 6.07) is 13.0. The zero-order chi connectivity index (χ0) is 29.5. The highest BCUT2D eigenvalue weighted by atomic mass is 32.2. The Morgan fingerprint density at radius 3 is 2.29 bits per heavy atom. The Balaban J connectivity index is 0.000000211. The number of aromatic nitrogens is 2. The molecule has 3 aromatic rings. The second kappa shape index (κ2) is 14.0. The van der Waals surface area contributed by atoms with Crippen LogP contribution in [0.2, 0.25) is 0 Å². The number of amides is 2. The van der Waals surface area contributed by atoms with E-state index in [4.69, 9.17) is 5.73 Å². The van der Waals surface area contributed by atoms with Gasteiger partial charge in [0.25, 0.3) is 11.8 Å². The van der Waals surface area contributed by atoms with Gasteiger partial charge in [-0.25, -0.2) is 18.7 Å². The lowest BCUT2D eigenvalue weighted by atomic mass is 10.1. The molecule has 6 rings (SSSR count). The molecule has 0 unspecified atom stereocenters. The molecular weight excluding hydrogens is 553 g/mol. The van der Waals surface area contributed by atoms with Crippen molar-refractivity contribution < 1.29 is 14.0 Å². The molecule has 1 aliphatic carbocycles. The zero-order valence-electron chi connectivity index (χ0n) is 23.9. The van der Waals surface area contributed by atoms with Gasteiger partial charge in [0.2, 0.25) is 0 Å². The van der Waals surface area contributed by atoms with Crippen molar-refractivity contribution >= 4 is 41.1 Å². The average molecular weight is 592 g/mol. The first kappa shape index (κ1) is 29.8. The van der Waals surface area contributed by atoms with Crippen molar-refractivity contribution in [3.05, 3.63) is 71.3 Å². The minimum absolute atomic E-state index is 0.122. The van der Waals surface area contributed by atoms with Crippen LogP contribution in [0.4, 0.5) is 21.7 Å². The van der Waals surface area contributed by atoms with E-state index in [0.717, 1.165) is 68.9 Å². The number of halogens is 1. The maximum Gasteiger partial charge on any atom is 0.271 e. The molecule has 1 aromatic heterocycles. The first-order valence-corrected chi connectivity index (χ1v) is 15.4. The number of nitrogens with two attached hydrogens (primary N) is 1. The van der Waals surface area contributed by atoms with Gasteiger partial charge in [0.15, 0.2) is 11.5 Å². The summed E-state index contributed by atoms with van der Waals surface area (Å²) in [5.74, 6) is 0.340. The van der Waals surface area contributed by atoms with Gasteiger partial charge in [-0.3, -0.25) is 9.59 Å². The van der Waals surface area contributed by atoms with E-state index in [2.05, 4.69) is 41.9 Å². The third kappa shape index (κ3) is 7.77. The highest BCUT2D eigenvalue weighted by Crippen LogP contribution is 2.40. The number of hydrogen-bond acceptors (Lipinski definition) is 8. The molecule has 2 aliphatic heterocycles. The predicted octanol–water partition coefficient (Wildman–Crippen LogP) is 5.48. The third-order valence-corrected chi connectivity index (χ3v) is 8.71. The van der Waals surface area contributed by atoms with Crippen LogP contribution in [-0.4, -0.2) is 59.3 Å². The number of piperidine rings is 1. The van der Waals surface area contributed by atoms with Crippen LogP contribution in [0.15, 0.2) is 53.6 Å². The molecule has 3 heterocycles. The number of nitrogens with one attached hydrogen (secondary N) is 2. The number of carbonyl (C=O) groups is 2. The maximum absolute atomic E-state index is 13.4. The number of nitrogens with zero attached hydrogens (tertiary/aromatic N) is 4. The van der Waals surface area contributed by atoms with Crippen LogP contribution in [0.25, 0.3) is 0 Å². The zero-order valence-corrected chi connectivity index (χ0v) is 24.8. The minimum Gasteiger partial charge on any atom is -0.364 e. The molecule has 42 heavy (non-hydrogen) atoms. The fourth-order valence-corrected chi connectivity index (χ4v) is 6.10.